The maximum atomic E-state index is 13.0. The summed E-state index contributed by atoms with van der Waals surface area (Å²) in [7, 11) is 0. The number of amides is 1. The topological polar surface area (TPSA) is 110 Å². The van der Waals surface area contributed by atoms with Gasteiger partial charge in [0.15, 0.2) is 5.65 Å². The second kappa shape index (κ2) is 7.17. The number of rotatable bonds is 6. The summed E-state index contributed by atoms with van der Waals surface area (Å²) in [5.74, 6) is 1.79. The number of nitrogens with one attached hydrogen (secondary N) is 2. The maximum Gasteiger partial charge on any atom is 0.330 e. The van der Waals surface area contributed by atoms with Gasteiger partial charge in [-0.05, 0) is 61.7 Å². The number of aromatic nitrogens is 4. The van der Waals surface area contributed by atoms with E-state index in [1.807, 2.05) is 0 Å². The molecule has 0 aliphatic heterocycles. The van der Waals surface area contributed by atoms with Crippen LogP contribution in [0.15, 0.2) is 14.6 Å². The average molecular weight is 470 g/mol. The van der Waals surface area contributed by atoms with Crippen LogP contribution in [0.3, 0.4) is 0 Å². The standard InChI is InChI=1S/C24H31N5O3S/c1-23(2)13-8-9-24(23,3)15(10-13)25-16(30)11-33-21-17-19(26-18(27-21)12-4-5-12)29(14-6-7-14)22(32)28-20(17)31/h12-15H,4-11H2,1-3H3,(H,25,30)(H,28,31,32)/t13-,15+,24-/m0/s1. The highest BCUT2D eigenvalue weighted by atomic mass is 32.2. The van der Waals surface area contributed by atoms with E-state index in [1.165, 1.54) is 18.2 Å². The van der Waals surface area contributed by atoms with E-state index in [0.717, 1.165) is 38.5 Å². The Morgan fingerprint density at radius 2 is 1.91 bits per heavy atom. The van der Waals surface area contributed by atoms with Crippen LogP contribution in [0.2, 0.25) is 0 Å². The number of H-pyrrole nitrogens is 1. The highest BCUT2D eigenvalue weighted by Gasteiger charge is 2.61. The monoisotopic (exact) mass is 469 g/mol. The normalized spacial score (nSPS) is 30.2. The average Bonchev–Trinajstić information content (AvgIpc) is 3.66. The third-order valence-corrected chi connectivity index (χ3v) is 10.1. The van der Waals surface area contributed by atoms with E-state index in [2.05, 4.69) is 41.0 Å². The number of aromatic amines is 1. The van der Waals surface area contributed by atoms with Crippen molar-refractivity contribution in [3.63, 3.8) is 0 Å². The quantitative estimate of drug-likeness (QED) is 0.497. The lowest BCUT2D eigenvalue weighted by Gasteiger charge is -2.39. The largest absolute Gasteiger partial charge is 0.352 e. The maximum absolute atomic E-state index is 13.0. The van der Waals surface area contributed by atoms with Crippen LogP contribution in [0.5, 0.6) is 0 Å². The molecule has 0 aromatic carbocycles. The van der Waals surface area contributed by atoms with Gasteiger partial charge < -0.3 is 5.32 Å². The first-order chi connectivity index (χ1) is 15.7. The van der Waals surface area contributed by atoms with Crippen molar-refractivity contribution in [1.29, 1.82) is 0 Å². The fourth-order valence-electron chi connectivity index (χ4n) is 6.23. The minimum absolute atomic E-state index is 0.0266. The lowest BCUT2D eigenvalue weighted by molar-refractivity contribution is -0.120. The van der Waals surface area contributed by atoms with Crippen molar-refractivity contribution in [3.8, 4) is 0 Å². The summed E-state index contributed by atoms with van der Waals surface area (Å²) in [6.07, 6.45) is 7.29. The molecular formula is C24H31N5O3S. The molecule has 4 fully saturated rings. The molecule has 176 valence electrons. The Morgan fingerprint density at radius 3 is 2.52 bits per heavy atom. The van der Waals surface area contributed by atoms with E-state index in [1.54, 1.807) is 4.57 Å². The molecule has 2 aromatic rings. The number of hydrogen-bond donors (Lipinski definition) is 2. The highest BCUT2D eigenvalue weighted by Crippen LogP contribution is 2.65. The highest BCUT2D eigenvalue weighted by molar-refractivity contribution is 8.00. The van der Waals surface area contributed by atoms with E-state index in [0.29, 0.717) is 27.8 Å². The zero-order valence-corrected chi connectivity index (χ0v) is 20.3. The van der Waals surface area contributed by atoms with Crippen molar-refractivity contribution < 1.29 is 4.79 Å². The molecule has 0 unspecified atom stereocenters. The predicted octanol–water partition coefficient (Wildman–Crippen LogP) is 3.12. The summed E-state index contributed by atoms with van der Waals surface area (Å²) < 4.78 is 1.62. The molecular weight excluding hydrogens is 438 g/mol. The molecule has 6 rings (SSSR count). The zero-order chi connectivity index (χ0) is 23.1. The molecule has 2 aromatic heterocycles. The van der Waals surface area contributed by atoms with Crippen molar-refractivity contribution in [2.24, 2.45) is 16.7 Å². The van der Waals surface area contributed by atoms with E-state index in [-0.39, 0.29) is 40.5 Å². The van der Waals surface area contributed by atoms with Crippen LogP contribution in [0.1, 0.15) is 83.5 Å². The molecule has 8 nitrogen and oxygen atoms in total. The van der Waals surface area contributed by atoms with Gasteiger partial charge in [-0.25, -0.2) is 14.8 Å². The number of fused-ring (bicyclic) bond motifs is 3. The molecule has 2 N–H and O–H groups in total. The van der Waals surface area contributed by atoms with E-state index < -0.39 is 11.2 Å². The van der Waals surface area contributed by atoms with Gasteiger partial charge in [0, 0.05) is 18.0 Å². The summed E-state index contributed by atoms with van der Waals surface area (Å²) >= 11 is 1.28. The molecule has 1 amide bonds. The molecule has 2 heterocycles. The van der Waals surface area contributed by atoms with E-state index >= 15 is 0 Å². The van der Waals surface area contributed by atoms with Gasteiger partial charge in [0.25, 0.3) is 5.56 Å². The number of thioether (sulfide) groups is 1. The van der Waals surface area contributed by atoms with Gasteiger partial charge in [0.05, 0.1) is 5.75 Å². The van der Waals surface area contributed by atoms with Crippen LogP contribution in [-0.2, 0) is 4.79 Å². The van der Waals surface area contributed by atoms with Crippen molar-refractivity contribution in [2.45, 2.75) is 88.7 Å². The summed E-state index contributed by atoms with van der Waals surface area (Å²) in [5.41, 5.74) is -0.0972. The molecule has 0 radical (unpaired) electrons. The van der Waals surface area contributed by atoms with Gasteiger partial charge in [-0.2, -0.15) is 0 Å². The lowest BCUT2D eigenvalue weighted by atomic mass is 9.69. The number of carbonyl (C=O) groups is 1. The molecule has 0 spiro atoms. The fraction of sp³-hybridized carbons (Fsp3) is 0.708. The second-order valence-electron chi connectivity index (χ2n) is 11.2. The first-order valence-electron chi connectivity index (χ1n) is 12.2. The van der Waals surface area contributed by atoms with Gasteiger partial charge >= 0.3 is 5.69 Å². The molecule has 4 aliphatic rings. The third-order valence-electron chi connectivity index (χ3n) is 9.09. The first-order valence-corrected chi connectivity index (χ1v) is 13.2. The van der Waals surface area contributed by atoms with Crippen LogP contribution in [0.25, 0.3) is 11.0 Å². The Labute approximate surface area is 196 Å². The molecule has 33 heavy (non-hydrogen) atoms. The van der Waals surface area contributed by atoms with Crippen molar-refractivity contribution >= 4 is 28.7 Å². The Kier molecular flexibility index (Phi) is 4.64. The van der Waals surface area contributed by atoms with Crippen LogP contribution < -0.4 is 16.6 Å². The summed E-state index contributed by atoms with van der Waals surface area (Å²) in [4.78, 5) is 50.1. The SMILES string of the molecule is CC1(C)[C@H]2CC[C@@]1(C)[C@H](NC(=O)CSc1nc(C3CC3)nc3c1c(=O)[nH]c(=O)n3C1CC1)C2. The van der Waals surface area contributed by atoms with Gasteiger partial charge in [-0.3, -0.25) is 19.1 Å². The lowest BCUT2D eigenvalue weighted by Crippen LogP contribution is -2.47. The minimum Gasteiger partial charge on any atom is -0.352 e. The van der Waals surface area contributed by atoms with Gasteiger partial charge in [-0.15, -0.1) is 0 Å². The Morgan fingerprint density at radius 1 is 1.15 bits per heavy atom. The van der Waals surface area contributed by atoms with Crippen molar-refractivity contribution in [1.82, 2.24) is 24.8 Å². The third kappa shape index (κ3) is 3.29. The van der Waals surface area contributed by atoms with Crippen LogP contribution >= 0.6 is 11.8 Å². The van der Waals surface area contributed by atoms with Crippen LogP contribution in [0.4, 0.5) is 0 Å². The molecule has 2 bridgehead atoms. The van der Waals surface area contributed by atoms with Crippen LogP contribution in [0, 0.1) is 16.7 Å². The second-order valence-corrected chi connectivity index (χ2v) is 12.2. The number of nitrogens with zero attached hydrogens (tertiary/aromatic N) is 3. The smallest absolute Gasteiger partial charge is 0.330 e. The molecule has 0 saturated heterocycles. The van der Waals surface area contributed by atoms with Gasteiger partial charge in [0.1, 0.15) is 16.2 Å². The van der Waals surface area contributed by atoms with Gasteiger partial charge in [-0.1, -0.05) is 32.5 Å². The fourth-order valence-corrected chi connectivity index (χ4v) is 7.06. The minimum atomic E-state index is -0.473. The molecule has 4 aliphatic carbocycles. The Bertz CT molecular complexity index is 1280. The Hall–Kier alpha value is -2.16. The first kappa shape index (κ1) is 21.4. The molecule has 3 atom stereocenters. The number of carbonyl (C=O) groups excluding carboxylic acids is 1. The number of hydrogen-bond acceptors (Lipinski definition) is 6. The summed E-state index contributed by atoms with van der Waals surface area (Å²) in [5, 5.41) is 4.13. The van der Waals surface area contributed by atoms with Crippen LogP contribution in [-0.4, -0.2) is 37.2 Å². The summed E-state index contributed by atoms with van der Waals surface area (Å²) in [6.45, 7) is 6.99. The predicted molar refractivity (Wildman–Crippen MR) is 127 cm³/mol. The zero-order valence-electron chi connectivity index (χ0n) is 19.4. The Balaban J connectivity index is 1.28. The van der Waals surface area contributed by atoms with Crippen molar-refractivity contribution in [2.75, 3.05) is 5.75 Å². The van der Waals surface area contributed by atoms with Crippen molar-refractivity contribution in [3.05, 3.63) is 26.7 Å². The summed E-state index contributed by atoms with van der Waals surface area (Å²) in [6, 6.07) is 0.272. The molecule has 9 heteroatoms. The molecule has 4 saturated carbocycles. The van der Waals surface area contributed by atoms with E-state index in [4.69, 9.17) is 0 Å². The van der Waals surface area contributed by atoms with Gasteiger partial charge in [0.2, 0.25) is 5.91 Å². The van der Waals surface area contributed by atoms with E-state index in [9.17, 15) is 14.4 Å².